The number of nitriles is 1. The molecule has 0 atom stereocenters. The maximum Gasteiger partial charge on any atom is 0.242 e. The Morgan fingerprint density at radius 2 is 1.58 bits per heavy atom. The molecule has 6 N–H and O–H groups in total. The summed E-state index contributed by atoms with van der Waals surface area (Å²) in [5.74, 6) is 5.37. The first kappa shape index (κ1) is 12.7. The summed E-state index contributed by atoms with van der Waals surface area (Å²) in [7, 11) is 0. The molecule has 0 aromatic carbocycles. The molecule has 0 bridgehead atoms. The van der Waals surface area contributed by atoms with Crippen LogP contribution in [-0.4, -0.2) is 14.9 Å². The second-order valence-electron chi connectivity index (χ2n) is 1.51. The molecular formula is C5H13N7. The molecule has 0 saturated heterocycles. The highest BCUT2D eigenvalue weighted by Crippen LogP contribution is 1.95. The molecule has 68 valence electrons. The van der Waals surface area contributed by atoms with E-state index in [9.17, 15) is 0 Å². The number of nitrogens with two attached hydrogens (primary N) is 3. The normalized spacial score (nSPS) is 7.00. The number of rotatable bonds is 0. The lowest BCUT2D eigenvalue weighted by molar-refractivity contribution is 1.03. The number of aromatic nitrogens is 3. The van der Waals surface area contributed by atoms with Crippen LogP contribution in [0.2, 0.25) is 0 Å². The Labute approximate surface area is 70.7 Å². The first-order valence-electron chi connectivity index (χ1n) is 2.65. The fourth-order valence-electron chi connectivity index (χ4n) is 0.316. The fourth-order valence-corrected chi connectivity index (χ4v) is 0.316. The molecule has 0 aliphatic heterocycles. The van der Waals surface area contributed by atoms with Gasteiger partial charge in [0, 0.05) is 6.92 Å². The van der Waals surface area contributed by atoms with Gasteiger partial charge in [-0.05, 0) is 0 Å². The van der Waals surface area contributed by atoms with Crippen LogP contribution < -0.4 is 17.3 Å². The van der Waals surface area contributed by atoms with Gasteiger partial charge in [-0.15, -0.1) is 10.2 Å². The second-order valence-corrected chi connectivity index (χ2v) is 1.51. The Morgan fingerprint density at radius 1 is 1.33 bits per heavy atom. The van der Waals surface area contributed by atoms with Crippen molar-refractivity contribution < 1.29 is 0 Å². The Hall–Kier alpha value is -1.97. The van der Waals surface area contributed by atoms with Crippen molar-refractivity contribution in [3.8, 4) is 6.07 Å². The van der Waals surface area contributed by atoms with E-state index in [-0.39, 0.29) is 19.3 Å². The van der Waals surface area contributed by atoms with Crippen LogP contribution in [0.4, 0.5) is 11.9 Å². The van der Waals surface area contributed by atoms with Crippen molar-refractivity contribution in [2.24, 2.45) is 0 Å². The minimum atomic E-state index is 0. The molecule has 7 heteroatoms. The first-order chi connectivity index (χ1) is 5.13. The van der Waals surface area contributed by atoms with E-state index in [1.54, 1.807) is 6.07 Å². The van der Waals surface area contributed by atoms with E-state index < -0.39 is 0 Å². The highest BCUT2D eigenvalue weighted by molar-refractivity contribution is 5.28. The van der Waals surface area contributed by atoms with Crippen molar-refractivity contribution in [1.29, 1.82) is 5.26 Å². The summed E-state index contributed by atoms with van der Waals surface area (Å²) in [5, 5.41) is 14.0. The van der Waals surface area contributed by atoms with E-state index in [1.165, 1.54) is 6.92 Å². The standard InChI is InChI=1S/C2H6N6.C2H3N.CH4/c3-1-6-7-2(4)8(1)5;1-2-3;/h5H2,(H2,3,6)(H2,4,7);1H3;1H4. The third-order valence-corrected chi connectivity index (χ3v) is 0.749. The molecule has 0 aliphatic carbocycles. The average molecular weight is 171 g/mol. The molecule has 1 aromatic heterocycles. The number of hydrogen-bond acceptors (Lipinski definition) is 6. The second kappa shape index (κ2) is 5.79. The van der Waals surface area contributed by atoms with E-state index in [1.807, 2.05) is 0 Å². The van der Waals surface area contributed by atoms with Gasteiger partial charge in [-0.1, -0.05) is 7.43 Å². The molecular weight excluding hydrogens is 158 g/mol. The van der Waals surface area contributed by atoms with Crippen LogP contribution in [0.1, 0.15) is 14.4 Å². The topological polar surface area (TPSA) is 133 Å². The van der Waals surface area contributed by atoms with Crippen LogP contribution in [0.3, 0.4) is 0 Å². The Kier molecular flexibility index (Phi) is 6.12. The largest absolute Gasteiger partial charge is 0.366 e. The van der Waals surface area contributed by atoms with Crippen LogP contribution >= 0.6 is 0 Å². The molecule has 0 aliphatic rings. The number of nitrogens with zero attached hydrogens (tertiary/aromatic N) is 4. The van der Waals surface area contributed by atoms with E-state index in [0.29, 0.717) is 0 Å². The van der Waals surface area contributed by atoms with Crippen molar-refractivity contribution in [2.45, 2.75) is 14.4 Å². The molecule has 0 unspecified atom stereocenters. The van der Waals surface area contributed by atoms with Gasteiger partial charge in [-0.25, -0.2) is 0 Å². The van der Waals surface area contributed by atoms with E-state index in [4.69, 9.17) is 22.6 Å². The summed E-state index contributed by atoms with van der Waals surface area (Å²) in [6, 6.07) is 1.75. The number of anilines is 2. The van der Waals surface area contributed by atoms with Crippen LogP contribution in [0, 0.1) is 11.3 Å². The lowest BCUT2D eigenvalue weighted by atomic mass is 11.0. The molecule has 0 spiro atoms. The zero-order chi connectivity index (χ0) is 8.85. The lowest BCUT2D eigenvalue weighted by Crippen LogP contribution is -2.14. The highest BCUT2D eigenvalue weighted by Gasteiger charge is 1.97. The summed E-state index contributed by atoms with van der Waals surface area (Å²) in [6.45, 7) is 1.43. The SMILES string of the molecule is C.CC#N.Nc1nnc(N)n1N. The van der Waals surface area contributed by atoms with Crippen molar-refractivity contribution in [3.05, 3.63) is 0 Å². The molecule has 1 heterocycles. The Bertz CT molecular complexity index is 238. The summed E-state index contributed by atoms with van der Waals surface area (Å²) < 4.78 is 1.00. The van der Waals surface area contributed by atoms with Crippen molar-refractivity contribution in [1.82, 2.24) is 14.9 Å². The maximum absolute atomic E-state index is 7.32. The van der Waals surface area contributed by atoms with Gasteiger partial charge in [-0.2, -0.15) is 9.94 Å². The Morgan fingerprint density at radius 3 is 1.67 bits per heavy atom. The Balaban J connectivity index is 0. The molecule has 0 amide bonds. The third-order valence-electron chi connectivity index (χ3n) is 0.749. The monoisotopic (exact) mass is 171 g/mol. The molecule has 1 aromatic rings. The van der Waals surface area contributed by atoms with E-state index in [0.717, 1.165) is 4.68 Å². The minimum absolute atomic E-state index is 0. The van der Waals surface area contributed by atoms with Crippen LogP contribution in [0.15, 0.2) is 0 Å². The van der Waals surface area contributed by atoms with Crippen LogP contribution in [0.25, 0.3) is 0 Å². The van der Waals surface area contributed by atoms with Crippen LogP contribution in [0.5, 0.6) is 0 Å². The molecule has 0 fully saturated rings. The zero-order valence-electron chi connectivity index (χ0n) is 6.02. The molecule has 12 heavy (non-hydrogen) atoms. The predicted octanol–water partition coefficient (Wildman–Crippen LogP) is -0.678. The van der Waals surface area contributed by atoms with Gasteiger partial charge in [-0.3, -0.25) is 0 Å². The highest BCUT2D eigenvalue weighted by atomic mass is 15.5. The quantitative estimate of drug-likeness (QED) is 0.443. The van der Waals surface area contributed by atoms with Crippen molar-refractivity contribution >= 4 is 11.9 Å². The van der Waals surface area contributed by atoms with Gasteiger partial charge < -0.3 is 17.3 Å². The lowest BCUT2D eigenvalue weighted by Gasteiger charge is -1.90. The zero-order valence-corrected chi connectivity index (χ0v) is 6.02. The third kappa shape index (κ3) is 3.26. The maximum atomic E-state index is 7.32. The van der Waals surface area contributed by atoms with Gasteiger partial charge in [0.2, 0.25) is 11.9 Å². The van der Waals surface area contributed by atoms with E-state index in [2.05, 4.69) is 10.2 Å². The van der Waals surface area contributed by atoms with Gasteiger partial charge in [0.25, 0.3) is 0 Å². The molecule has 0 radical (unpaired) electrons. The van der Waals surface area contributed by atoms with E-state index >= 15 is 0 Å². The van der Waals surface area contributed by atoms with Crippen molar-refractivity contribution in [2.75, 3.05) is 17.3 Å². The summed E-state index contributed by atoms with van der Waals surface area (Å²) in [5.41, 5.74) is 10.2. The number of hydrogen-bond donors (Lipinski definition) is 3. The van der Waals surface area contributed by atoms with Crippen molar-refractivity contribution in [3.63, 3.8) is 0 Å². The summed E-state index contributed by atoms with van der Waals surface area (Å²) >= 11 is 0. The summed E-state index contributed by atoms with van der Waals surface area (Å²) in [4.78, 5) is 0. The van der Waals surface area contributed by atoms with Gasteiger partial charge in [0.05, 0.1) is 6.07 Å². The van der Waals surface area contributed by atoms with Gasteiger partial charge in [0.15, 0.2) is 0 Å². The molecule has 0 saturated carbocycles. The number of nitrogen functional groups attached to an aromatic ring is 3. The van der Waals surface area contributed by atoms with Gasteiger partial charge in [0.1, 0.15) is 0 Å². The minimum Gasteiger partial charge on any atom is -0.366 e. The van der Waals surface area contributed by atoms with Crippen LogP contribution in [-0.2, 0) is 0 Å². The molecule has 1 rings (SSSR count). The molecule has 7 nitrogen and oxygen atoms in total. The first-order valence-corrected chi connectivity index (χ1v) is 2.65. The predicted molar refractivity (Wildman–Crippen MR) is 47.0 cm³/mol. The average Bonchev–Trinajstić information content (AvgIpc) is 2.22. The summed E-state index contributed by atoms with van der Waals surface area (Å²) in [6.07, 6.45) is 0. The smallest absolute Gasteiger partial charge is 0.242 e. The van der Waals surface area contributed by atoms with Gasteiger partial charge >= 0.3 is 0 Å². The fraction of sp³-hybridized carbons (Fsp3) is 0.400.